The molecule has 1 atom stereocenters. The van der Waals surface area contributed by atoms with Gasteiger partial charge in [0, 0.05) is 10.6 Å². The number of rotatable bonds is 7. The predicted octanol–water partition coefficient (Wildman–Crippen LogP) is 3.27. The molecule has 160 valence electrons. The number of anilines is 1. The summed E-state index contributed by atoms with van der Waals surface area (Å²) < 4.78 is 39.8. The molecule has 30 heavy (non-hydrogen) atoms. The van der Waals surface area contributed by atoms with E-state index in [-0.39, 0.29) is 5.92 Å². The summed E-state index contributed by atoms with van der Waals surface area (Å²) in [4.78, 5) is 36.7. The fourth-order valence-corrected chi connectivity index (χ4v) is 2.58. The Hall–Kier alpha value is -3.07. The molecule has 6 nitrogen and oxygen atoms in total. The van der Waals surface area contributed by atoms with E-state index in [0.29, 0.717) is 16.7 Å². The number of halogens is 4. The van der Waals surface area contributed by atoms with E-state index in [1.807, 2.05) is 5.32 Å². The minimum Gasteiger partial charge on any atom is -0.345 e. The summed E-state index contributed by atoms with van der Waals surface area (Å²) in [5.74, 6) is -6.99. The smallest absolute Gasteiger partial charge is 0.251 e. The number of hydrogen-bond donors (Lipinski definition) is 3. The van der Waals surface area contributed by atoms with Crippen LogP contribution in [0.15, 0.2) is 36.4 Å². The molecule has 2 rings (SSSR count). The average Bonchev–Trinajstić information content (AvgIpc) is 2.70. The molecule has 2 aromatic rings. The summed E-state index contributed by atoms with van der Waals surface area (Å²) >= 11 is 5.78. The topological polar surface area (TPSA) is 87.3 Å². The Morgan fingerprint density at radius 3 is 2.20 bits per heavy atom. The molecule has 0 aliphatic carbocycles. The van der Waals surface area contributed by atoms with Gasteiger partial charge in [-0.25, -0.2) is 13.2 Å². The molecule has 0 aliphatic rings. The van der Waals surface area contributed by atoms with Crippen LogP contribution in [-0.4, -0.2) is 30.3 Å². The molecule has 3 N–H and O–H groups in total. The fourth-order valence-electron chi connectivity index (χ4n) is 2.45. The Morgan fingerprint density at radius 2 is 1.60 bits per heavy atom. The van der Waals surface area contributed by atoms with Crippen molar-refractivity contribution in [2.45, 2.75) is 19.9 Å². The number of nitrogens with one attached hydrogen (secondary N) is 3. The van der Waals surface area contributed by atoms with Crippen molar-refractivity contribution in [3.8, 4) is 0 Å². The van der Waals surface area contributed by atoms with Crippen LogP contribution in [0, 0.1) is 23.4 Å². The zero-order valence-corrected chi connectivity index (χ0v) is 16.8. The first-order chi connectivity index (χ1) is 14.1. The van der Waals surface area contributed by atoms with Crippen LogP contribution in [0.2, 0.25) is 5.02 Å². The van der Waals surface area contributed by atoms with Gasteiger partial charge in [-0.3, -0.25) is 14.4 Å². The quantitative estimate of drug-likeness (QED) is 0.576. The molecular weight excluding hydrogens is 423 g/mol. The summed E-state index contributed by atoms with van der Waals surface area (Å²) in [6.07, 6.45) is 0. The molecule has 0 radical (unpaired) electrons. The van der Waals surface area contributed by atoms with Crippen LogP contribution in [0.1, 0.15) is 24.2 Å². The van der Waals surface area contributed by atoms with Crippen LogP contribution in [0.3, 0.4) is 0 Å². The highest BCUT2D eigenvalue weighted by Gasteiger charge is 2.25. The Bertz CT molecular complexity index is 952. The molecule has 0 bridgehead atoms. The van der Waals surface area contributed by atoms with E-state index in [0.717, 1.165) is 6.07 Å². The molecule has 0 saturated heterocycles. The van der Waals surface area contributed by atoms with Gasteiger partial charge in [0.05, 0.1) is 12.2 Å². The van der Waals surface area contributed by atoms with E-state index < -0.39 is 53.4 Å². The number of carbonyl (C=O) groups is 3. The maximum atomic E-state index is 13.6. The number of hydrogen-bond acceptors (Lipinski definition) is 3. The van der Waals surface area contributed by atoms with Crippen LogP contribution in [-0.2, 0) is 9.59 Å². The normalized spacial score (nSPS) is 11.7. The first-order valence-electron chi connectivity index (χ1n) is 8.87. The van der Waals surface area contributed by atoms with Gasteiger partial charge >= 0.3 is 0 Å². The number of amides is 3. The molecule has 0 heterocycles. The van der Waals surface area contributed by atoms with Crippen molar-refractivity contribution in [2.24, 2.45) is 5.92 Å². The third-order valence-corrected chi connectivity index (χ3v) is 4.33. The highest BCUT2D eigenvalue weighted by Crippen LogP contribution is 2.19. The van der Waals surface area contributed by atoms with Crippen LogP contribution in [0.4, 0.5) is 18.9 Å². The predicted molar refractivity (Wildman–Crippen MR) is 105 cm³/mol. The minimum absolute atomic E-state index is 0.296. The lowest BCUT2D eigenvalue weighted by molar-refractivity contribution is -0.126. The van der Waals surface area contributed by atoms with Crippen LogP contribution >= 0.6 is 11.6 Å². The van der Waals surface area contributed by atoms with Gasteiger partial charge in [0.25, 0.3) is 5.91 Å². The van der Waals surface area contributed by atoms with Gasteiger partial charge in [-0.05, 0) is 42.3 Å². The third-order valence-electron chi connectivity index (χ3n) is 4.07. The molecule has 2 aromatic carbocycles. The van der Waals surface area contributed by atoms with Crippen molar-refractivity contribution in [1.29, 1.82) is 0 Å². The summed E-state index contributed by atoms with van der Waals surface area (Å²) in [5.41, 5.74) is -0.269. The molecule has 10 heteroatoms. The first-order valence-corrected chi connectivity index (χ1v) is 9.25. The number of carbonyl (C=O) groups excluding carboxylic acids is 3. The summed E-state index contributed by atoms with van der Waals surface area (Å²) in [6.45, 7) is 2.82. The van der Waals surface area contributed by atoms with Crippen molar-refractivity contribution >= 4 is 35.0 Å². The molecule has 0 spiro atoms. The maximum absolute atomic E-state index is 13.6. The Labute approximate surface area is 175 Å². The van der Waals surface area contributed by atoms with E-state index >= 15 is 0 Å². The average molecular weight is 442 g/mol. The second-order valence-corrected chi connectivity index (χ2v) is 7.13. The van der Waals surface area contributed by atoms with Gasteiger partial charge in [-0.1, -0.05) is 25.4 Å². The Balaban J connectivity index is 1.96. The molecule has 0 aliphatic heterocycles. The summed E-state index contributed by atoms with van der Waals surface area (Å²) in [7, 11) is 0. The lowest BCUT2D eigenvalue weighted by Crippen LogP contribution is -2.51. The Kier molecular flexibility index (Phi) is 7.82. The highest BCUT2D eigenvalue weighted by atomic mass is 35.5. The molecular formula is C20H19ClF3N3O3. The Morgan fingerprint density at radius 1 is 0.967 bits per heavy atom. The van der Waals surface area contributed by atoms with E-state index in [2.05, 4.69) is 10.6 Å². The van der Waals surface area contributed by atoms with E-state index in [1.165, 1.54) is 24.3 Å². The molecule has 0 saturated carbocycles. The second-order valence-electron chi connectivity index (χ2n) is 6.69. The van der Waals surface area contributed by atoms with E-state index in [4.69, 9.17) is 11.6 Å². The van der Waals surface area contributed by atoms with Crippen LogP contribution < -0.4 is 16.0 Å². The zero-order chi connectivity index (χ0) is 22.4. The van der Waals surface area contributed by atoms with Gasteiger partial charge in [0.2, 0.25) is 11.8 Å². The summed E-state index contributed by atoms with van der Waals surface area (Å²) in [6, 6.07) is 6.62. The van der Waals surface area contributed by atoms with Crippen LogP contribution in [0.25, 0.3) is 0 Å². The zero-order valence-electron chi connectivity index (χ0n) is 16.1. The molecule has 3 amide bonds. The van der Waals surface area contributed by atoms with Gasteiger partial charge in [0.1, 0.15) is 6.04 Å². The third kappa shape index (κ3) is 5.96. The van der Waals surface area contributed by atoms with Crippen molar-refractivity contribution < 1.29 is 27.6 Å². The molecule has 0 fully saturated rings. The van der Waals surface area contributed by atoms with Gasteiger partial charge in [-0.2, -0.15) is 0 Å². The summed E-state index contributed by atoms with van der Waals surface area (Å²) in [5, 5.41) is 7.38. The first kappa shape index (κ1) is 23.2. The van der Waals surface area contributed by atoms with Crippen molar-refractivity contribution in [1.82, 2.24) is 10.6 Å². The van der Waals surface area contributed by atoms with Gasteiger partial charge < -0.3 is 16.0 Å². The van der Waals surface area contributed by atoms with Gasteiger partial charge in [0.15, 0.2) is 17.5 Å². The molecule has 1 unspecified atom stereocenters. The molecule has 0 aromatic heterocycles. The number of benzene rings is 2. The largest absolute Gasteiger partial charge is 0.345 e. The van der Waals surface area contributed by atoms with Crippen molar-refractivity contribution in [3.63, 3.8) is 0 Å². The van der Waals surface area contributed by atoms with E-state index in [1.54, 1.807) is 13.8 Å². The monoisotopic (exact) mass is 441 g/mol. The van der Waals surface area contributed by atoms with Crippen molar-refractivity contribution in [3.05, 3.63) is 64.4 Å². The minimum atomic E-state index is -1.72. The fraction of sp³-hybridized carbons (Fsp3) is 0.250. The highest BCUT2D eigenvalue weighted by molar-refractivity contribution is 6.30. The van der Waals surface area contributed by atoms with E-state index in [9.17, 15) is 27.6 Å². The lowest BCUT2D eigenvalue weighted by atomic mass is 10.0. The maximum Gasteiger partial charge on any atom is 0.251 e. The van der Waals surface area contributed by atoms with Crippen molar-refractivity contribution in [2.75, 3.05) is 11.9 Å². The SMILES string of the molecule is CC(C)C(NC(=O)c1ccc(Cl)cc1)C(=O)NCC(=O)Nc1ccc(F)c(F)c1F. The lowest BCUT2D eigenvalue weighted by Gasteiger charge is -2.21. The van der Waals surface area contributed by atoms with Crippen LogP contribution in [0.5, 0.6) is 0 Å². The van der Waals surface area contributed by atoms with Gasteiger partial charge in [-0.15, -0.1) is 0 Å². The second kappa shape index (κ2) is 10.1. The standard InChI is InChI=1S/C20H19ClF3N3O3/c1-10(2)18(27-19(29)11-3-5-12(21)6-4-11)20(30)25-9-15(28)26-14-8-7-13(22)16(23)17(14)24/h3-8,10,18H,9H2,1-2H3,(H,25,30)(H,26,28)(H,27,29).